The van der Waals surface area contributed by atoms with Crippen LogP contribution in [0, 0.1) is 0 Å². The molecule has 1 aliphatic heterocycles. The van der Waals surface area contributed by atoms with Gasteiger partial charge in [-0.1, -0.05) is 0 Å². The minimum Gasteiger partial charge on any atom is -0.444 e. The molecular formula is C12H23NO3. The first-order valence-corrected chi connectivity index (χ1v) is 5.97. The van der Waals surface area contributed by atoms with Crippen molar-refractivity contribution in [3.05, 3.63) is 0 Å². The summed E-state index contributed by atoms with van der Waals surface area (Å²) in [7, 11) is 0. The molecule has 1 amide bonds. The molecule has 0 aliphatic carbocycles. The molecule has 2 atom stereocenters. The Kier molecular flexibility index (Phi) is 4.19. The molecule has 0 aromatic heterocycles. The van der Waals surface area contributed by atoms with Crippen molar-refractivity contribution < 1.29 is 14.6 Å². The van der Waals surface area contributed by atoms with E-state index < -0.39 is 5.60 Å². The number of ether oxygens (including phenoxy) is 1. The number of likely N-dealkylation sites (tertiary alicyclic amines) is 1. The van der Waals surface area contributed by atoms with E-state index in [2.05, 4.69) is 0 Å². The molecule has 4 heteroatoms. The van der Waals surface area contributed by atoms with Gasteiger partial charge in [-0.25, -0.2) is 4.79 Å². The van der Waals surface area contributed by atoms with Crippen molar-refractivity contribution >= 4 is 6.09 Å². The van der Waals surface area contributed by atoms with Crippen molar-refractivity contribution in [1.29, 1.82) is 0 Å². The molecule has 0 radical (unpaired) electrons. The van der Waals surface area contributed by atoms with Gasteiger partial charge in [0, 0.05) is 12.6 Å². The maximum atomic E-state index is 11.9. The number of rotatable bonds is 0. The maximum absolute atomic E-state index is 11.9. The Bertz CT molecular complexity index is 247. The topological polar surface area (TPSA) is 49.8 Å². The molecule has 0 unspecified atom stereocenters. The van der Waals surface area contributed by atoms with E-state index in [0.717, 1.165) is 12.8 Å². The zero-order chi connectivity index (χ0) is 12.3. The van der Waals surface area contributed by atoms with Crippen molar-refractivity contribution in [3.8, 4) is 0 Å². The van der Waals surface area contributed by atoms with E-state index >= 15 is 0 Å². The first kappa shape index (κ1) is 13.3. The molecule has 0 bridgehead atoms. The Morgan fingerprint density at radius 2 is 1.94 bits per heavy atom. The number of aliphatic hydroxyl groups excluding tert-OH is 1. The molecule has 16 heavy (non-hydrogen) atoms. The molecule has 1 N–H and O–H groups in total. The van der Waals surface area contributed by atoms with Crippen molar-refractivity contribution in [2.24, 2.45) is 0 Å². The first-order valence-electron chi connectivity index (χ1n) is 5.97. The van der Waals surface area contributed by atoms with Crippen LogP contribution in [0.25, 0.3) is 0 Å². The Hall–Kier alpha value is -0.770. The van der Waals surface area contributed by atoms with Crippen LogP contribution in [0.3, 0.4) is 0 Å². The molecule has 1 saturated heterocycles. The minimum absolute atomic E-state index is 0.145. The van der Waals surface area contributed by atoms with E-state index in [0.29, 0.717) is 13.0 Å². The molecule has 4 nitrogen and oxygen atoms in total. The molecule has 1 aliphatic rings. The highest BCUT2D eigenvalue weighted by Crippen LogP contribution is 2.19. The van der Waals surface area contributed by atoms with Gasteiger partial charge in [-0.15, -0.1) is 0 Å². The summed E-state index contributed by atoms with van der Waals surface area (Å²) < 4.78 is 5.34. The van der Waals surface area contributed by atoms with Gasteiger partial charge < -0.3 is 14.7 Å². The Balaban J connectivity index is 2.60. The summed E-state index contributed by atoms with van der Waals surface area (Å²) in [6, 6.07) is 0.145. The van der Waals surface area contributed by atoms with Crippen LogP contribution in [-0.2, 0) is 4.74 Å². The van der Waals surface area contributed by atoms with Gasteiger partial charge >= 0.3 is 6.09 Å². The Labute approximate surface area is 97.6 Å². The molecular weight excluding hydrogens is 206 g/mol. The van der Waals surface area contributed by atoms with E-state index in [9.17, 15) is 9.90 Å². The fourth-order valence-corrected chi connectivity index (χ4v) is 1.83. The molecule has 0 saturated carbocycles. The van der Waals surface area contributed by atoms with Gasteiger partial charge in [-0.3, -0.25) is 0 Å². The molecule has 0 aromatic carbocycles. The lowest BCUT2D eigenvalue weighted by Gasteiger charge is -2.30. The number of carbonyl (C=O) groups excluding carboxylic acids is 1. The van der Waals surface area contributed by atoms with Crippen LogP contribution in [0.5, 0.6) is 0 Å². The highest BCUT2D eigenvalue weighted by Gasteiger charge is 2.28. The minimum atomic E-state index is -0.457. The number of hydrogen-bond donors (Lipinski definition) is 1. The van der Waals surface area contributed by atoms with Crippen molar-refractivity contribution in [1.82, 2.24) is 4.90 Å². The second kappa shape index (κ2) is 5.04. The van der Waals surface area contributed by atoms with Crippen LogP contribution in [0.15, 0.2) is 0 Å². The Morgan fingerprint density at radius 3 is 2.50 bits per heavy atom. The highest BCUT2D eigenvalue weighted by atomic mass is 16.6. The Morgan fingerprint density at radius 1 is 1.31 bits per heavy atom. The quantitative estimate of drug-likeness (QED) is 0.692. The van der Waals surface area contributed by atoms with Gasteiger partial charge in [0.15, 0.2) is 0 Å². The van der Waals surface area contributed by atoms with E-state index in [1.807, 2.05) is 27.7 Å². The number of amides is 1. The van der Waals surface area contributed by atoms with Crippen LogP contribution in [0.4, 0.5) is 4.79 Å². The van der Waals surface area contributed by atoms with Crippen molar-refractivity contribution in [2.75, 3.05) is 6.54 Å². The molecule has 1 rings (SSSR count). The lowest BCUT2D eigenvalue weighted by molar-refractivity contribution is 0.0178. The SMILES string of the molecule is C[C@@H]1CC[C@H](O)CCN1C(=O)OC(C)(C)C. The van der Waals surface area contributed by atoms with Crippen LogP contribution in [0.2, 0.25) is 0 Å². The van der Waals surface area contributed by atoms with Crippen molar-refractivity contribution in [2.45, 2.75) is 64.7 Å². The number of nitrogens with zero attached hydrogens (tertiary/aromatic N) is 1. The van der Waals surface area contributed by atoms with Gasteiger partial charge in [0.2, 0.25) is 0 Å². The van der Waals surface area contributed by atoms with Crippen LogP contribution in [-0.4, -0.2) is 40.4 Å². The summed E-state index contributed by atoms with van der Waals surface area (Å²) in [6.45, 7) is 8.17. The average Bonchev–Trinajstić information content (AvgIpc) is 2.26. The summed E-state index contributed by atoms with van der Waals surface area (Å²) in [5.41, 5.74) is -0.457. The predicted octanol–water partition coefficient (Wildman–Crippen LogP) is 2.16. The first-order chi connectivity index (χ1) is 7.29. The molecule has 0 spiro atoms. The average molecular weight is 229 g/mol. The van der Waals surface area contributed by atoms with E-state index in [-0.39, 0.29) is 18.2 Å². The fourth-order valence-electron chi connectivity index (χ4n) is 1.83. The van der Waals surface area contributed by atoms with Crippen LogP contribution >= 0.6 is 0 Å². The number of carbonyl (C=O) groups is 1. The highest BCUT2D eigenvalue weighted by molar-refractivity contribution is 5.68. The zero-order valence-corrected chi connectivity index (χ0v) is 10.7. The predicted molar refractivity (Wildman–Crippen MR) is 62.3 cm³/mol. The second-order valence-corrected chi connectivity index (χ2v) is 5.54. The summed E-state index contributed by atoms with van der Waals surface area (Å²) >= 11 is 0. The monoisotopic (exact) mass is 229 g/mol. The largest absolute Gasteiger partial charge is 0.444 e. The lowest BCUT2D eigenvalue weighted by atomic mass is 10.1. The number of hydrogen-bond acceptors (Lipinski definition) is 3. The van der Waals surface area contributed by atoms with Gasteiger partial charge in [0.25, 0.3) is 0 Å². The third-order valence-electron chi connectivity index (χ3n) is 2.78. The third-order valence-corrected chi connectivity index (χ3v) is 2.78. The maximum Gasteiger partial charge on any atom is 0.410 e. The van der Waals surface area contributed by atoms with E-state index in [1.54, 1.807) is 4.90 Å². The summed E-state index contributed by atoms with van der Waals surface area (Å²) in [6.07, 6.45) is 1.69. The summed E-state index contributed by atoms with van der Waals surface area (Å²) in [4.78, 5) is 13.6. The summed E-state index contributed by atoms with van der Waals surface area (Å²) in [5.74, 6) is 0. The second-order valence-electron chi connectivity index (χ2n) is 5.54. The van der Waals surface area contributed by atoms with E-state index in [1.165, 1.54) is 0 Å². The van der Waals surface area contributed by atoms with Gasteiger partial charge in [-0.2, -0.15) is 0 Å². The van der Waals surface area contributed by atoms with Gasteiger partial charge in [0.05, 0.1) is 6.10 Å². The van der Waals surface area contributed by atoms with Crippen molar-refractivity contribution in [3.63, 3.8) is 0 Å². The van der Waals surface area contributed by atoms with Crippen LogP contribution in [0.1, 0.15) is 47.0 Å². The molecule has 0 aromatic rings. The zero-order valence-electron chi connectivity index (χ0n) is 10.7. The molecule has 1 fully saturated rings. The number of aliphatic hydroxyl groups is 1. The summed E-state index contributed by atoms with van der Waals surface area (Å²) in [5, 5.41) is 9.56. The van der Waals surface area contributed by atoms with E-state index in [4.69, 9.17) is 4.74 Å². The standard InChI is InChI=1S/C12H23NO3/c1-9-5-6-10(14)7-8-13(9)11(15)16-12(2,3)4/h9-10,14H,5-8H2,1-4H3/t9-,10+/m1/s1. The smallest absolute Gasteiger partial charge is 0.410 e. The van der Waals surface area contributed by atoms with Gasteiger partial charge in [-0.05, 0) is 47.0 Å². The fraction of sp³-hybridized carbons (Fsp3) is 0.917. The van der Waals surface area contributed by atoms with Gasteiger partial charge in [0.1, 0.15) is 5.60 Å². The normalized spacial score (nSPS) is 27.4. The molecule has 94 valence electrons. The third kappa shape index (κ3) is 4.00. The lowest BCUT2D eigenvalue weighted by Crippen LogP contribution is -2.41. The van der Waals surface area contributed by atoms with Crippen LogP contribution < -0.4 is 0 Å². The molecule has 1 heterocycles.